The Hall–Kier alpha value is -2.68. The zero-order valence-corrected chi connectivity index (χ0v) is 23.0. The minimum atomic E-state index is -2.03. The van der Waals surface area contributed by atoms with E-state index in [4.69, 9.17) is 20.8 Å². The van der Waals surface area contributed by atoms with Gasteiger partial charge in [-0.1, -0.05) is 44.5 Å². The summed E-state index contributed by atoms with van der Waals surface area (Å²) >= 11 is 5.91. The number of rotatable bonds is 10. The van der Waals surface area contributed by atoms with Crippen LogP contribution in [0.3, 0.4) is 0 Å². The molecule has 0 aliphatic rings. The van der Waals surface area contributed by atoms with E-state index in [0.717, 1.165) is 16.9 Å². The zero-order valence-electron chi connectivity index (χ0n) is 21.3. The predicted molar refractivity (Wildman–Crippen MR) is 142 cm³/mol. The van der Waals surface area contributed by atoms with Crippen molar-refractivity contribution in [1.29, 1.82) is 0 Å². The van der Waals surface area contributed by atoms with Crippen LogP contribution in [0.1, 0.15) is 44.6 Å². The fourth-order valence-electron chi connectivity index (χ4n) is 3.39. The highest BCUT2D eigenvalue weighted by Crippen LogP contribution is 2.37. The number of pyridine rings is 1. The van der Waals surface area contributed by atoms with Gasteiger partial charge >= 0.3 is 0 Å². The molecule has 0 saturated carbocycles. The van der Waals surface area contributed by atoms with E-state index < -0.39 is 8.32 Å². The van der Waals surface area contributed by atoms with Crippen molar-refractivity contribution in [2.75, 3.05) is 6.61 Å². The van der Waals surface area contributed by atoms with Crippen LogP contribution >= 0.6 is 11.6 Å². The van der Waals surface area contributed by atoms with E-state index in [1.54, 1.807) is 18.5 Å². The van der Waals surface area contributed by atoms with E-state index in [-0.39, 0.29) is 23.1 Å². The highest BCUT2D eigenvalue weighted by atomic mass is 35.5. The summed E-state index contributed by atoms with van der Waals surface area (Å²) in [4.78, 5) is 23.8. The molecule has 0 bridgehead atoms. The Morgan fingerprint density at radius 3 is 2.57 bits per heavy atom. The lowest BCUT2D eigenvalue weighted by Crippen LogP contribution is -2.51. The number of aromatic amines is 1. The number of ether oxygens (including phenoxy) is 1. The van der Waals surface area contributed by atoms with Crippen LogP contribution in [0.2, 0.25) is 23.3 Å². The fourth-order valence-corrected chi connectivity index (χ4v) is 4.95. The van der Waals surface area contributed by atoms with Crippen LogP contribution in [0.25, 0.3) is 11.1 Å². The van der Waals surface area contributed by atoms with Crippen LogP contribution in [0.4, 0.5) is 0 Å². The molecule has 9 heteroatoms. The Labute approximate surface area is 213 Å². The topological polar surface area (TPSA) is 89.1 Å². The SMILES string of the molecule is C[C@H](O[Si](C)(C)C(C)(C)C)[C@@H](CCOc1cccc(-c2ccc(Cl)nc2)c1)NC(=O)c1c[nH]cn1. The molecule has 0 spiro atoms. The molecule has 0 aliphatic heterocycles. The van der Waals surface area contributed by atoms with Gasteiger partial charge in [-0.3, -0.25) is 4.79 Å². The first-order chi connectivity index (χ1) is 16.5. The van der Waals surface area contributed by atoms with Gasteiger partial charge in [0.1, 0.15) is 16.6 Å². The normalized spacial score (nSPS) is 13.8. The fraction of sp³-hybridized carbons (Fsp3) is 0.423. The lowest BCUT2D eigenvalue weighted by atomic mass is 10.1. The lowest BCUT2D eigenvalue weighted by molar-refractivity contribution is 0.0842. The number of amides is 1. The summed E-state index contributed by atoms with van der Waals surface area (Å²) in [5.41, 5.74) is 2.30. The van der Waals surface area contributed by atoms with Crippen molar-refractivity contribution in [3.63, 3.8) is 0 Å². The second-order valence-corrected chi connectivity index (χ2v) is 15.3. The van der Waals surface area contributed by atoms with E-state index in [9.17, 15) is 4.79 Å². The third-order valence-electron chi connectivity index (χ3n) is 6.49. The maximum atomic E-state index is 12.7. The monoisotopic (exact) mass is 514 g/mol. The number of benzene rings is 1. The standard InChI is InChI=1S/C26H35ClN4O3Si/c1-18(34-35(5,6)26(2,3)4)22(31-25(32)23-16-28-17-30-23)12-13-33-21-9-7-8-19(14-21)20-10-11-24(27)29-15-20/h7-11,14-18,22H,12-13H2,1-6H3,(H,28,30)(H,31,32)/t18-,22+/m0/s1. The van der Waals surface area contributed by atoms with Crippen molar-refractivity contribution in [1.82, 2.24) is 20.3 Å². The van der Waals surface area contributed by atoms with Gasteiger partial charge in [0.05, 0.1) is 25.1 Å². The van der Waals surface area contributed by atoms with Crippen LogP contribution in [-0.4, -0.2) is 47.9 Å². The molecule has 2 N–H and O–H groups in total. The molecular formula is C26H35ClN4O3Si. The number of imidazole rings is 1. The van der Waals surface area contributed by atoms with Gasteiger partial charge in [-0.05, 0) is 54.9 Å². The van der Waals surface area contributed by atoms with E-state index in [0.29, 0.717) is 23.9 Å². The Morgan fingerprint density at radius 2 is 1.94 bits per heavy atom. The molecule has 35 heavy (non-hydrogen) atoms. The summed E-state index contributed by atoms with van der Waals surface area (Å²) in [6, 6.07) is 11.3. The molecule has 0 unspecified atom stereocenters. The molecule has 7 nitrogen and oxygen atoms in total. The molecule has 2 heterocycles. The Bertz CT molecular complexity index is 1100. The summed E-state index contributed by atoms with van der Waals surface area (Å²) in [6.07, 6.45) is 5.21. The van der Waals surface area contributed by atoms with Crippen LogP contribution in [0.5, 0.6) is 5.75 Å². The van der Waals surface area contributed by atoms with Gasteiger partial charge in [-0.2, -0.15) is 0 Å². The number of hydrogen-bond acceptors (Lipinski definition) is 5. The van der Waals surface area contributed by atoms with Crippen LogP contribution in [-0.2, 0) is 4.43 Å². The van der Waals surface area contributed by atoms with E-state index in [2.05, 4.69) is 54.1 Å². The lowest BCUT2D eigenvalue weighted by Gasteiger charge is -2.40. The molecule has 0 saturated heterocycles. The average molecular weight is 515 g/mol. The summed E-state index contributed by atoms with van der Waals surface area (Å²) < 4.78 is 12.7. The quantitative estimate of drug-likeness (QED) is 0.252. The van der Waals surface area contributed by atoms with E-state index in [1.807, 2.05) is 37.3 Å². The minimum Gasteiger partial charge on any atom is -0.493 e. The minimum absolute atomic E-state index is 0.0610. The second-order valence-electron chi connectivity index (χ2n) is 10.2. The number of H-pyrrole nitrogens is 1. The molecule has 0 radical (unpaired) electrons. The third kappa shape index (κ3) is 7.40. The molecule has 3 rings (SSSR count). The van der Waals surface area contributed by atoms with Crippen molar-refractivity contribution >= 4 is 25.8 Å². The summed E-state index contributed by atoms with van der Waals surface area (Å²) in [6.45, 7) is 13.5. The molecule has 0 fully saturated rings. The average Bonchev–Trinajstić information content (AvgIpc) is 3.33. The van der Waals surface area contributed by atoms with Crippen LogP contribution < -0.4 is 10.1 Å². The molecule has 1 aromatic carbocycles. The first-order valence-electron chi connectivity index (χ1n) is 11.8. The summed E-state index contributed by atoms with van der Waals surface area (Å²) in [5.74, 6) is 0.506. The Balaban J connectivity index is 1.68. The first kappa shape index (κ1) is 26.9. The summed E-state index contributed by atoms with van der Waals surface area (Å²) in [5, 5.41) is 3.61. The van der Waals surface area contributed by atoms with E-state index >= 15 is 0 Å². The van der Waals surface area contributed by atoms with Gasteiger partial charge in [0, 0.05) is 24.4 Å². The number of aromatic nitrogens is 3. The maximum Gasteiger partial charge on any atom is 0.271 e. The Kier molecular flexibility index (Phi) is 8.74. The van der Waals surface area contributed by atoms with Gasteiger partial charge in [0.25, 0.3) is 5.91 Å². The largest absolute Gasteiger partial charge is 0.493 e. The molecule has 2 atom stereocenters. The highest BCUT2D eigenvalue weighted by molar-refractivity contribution is 6.74. The van der Waals surface area contributed by atoms with Crippen molar-refractivity contribution < 1.29 is 14.0 Å². The van der Waals surface area contributed by atoms with Crippen molar-refractivity contribution in [3.05, 3.63) is 66.0 Å². The van der Waals surface area contributed by atoms with Gasteiger partial charge in [-0.15, -0.1) is 0 Å². The molecule has 3 aromatic rings. The molecule has 2 aromatic heterocycles. The molecule has 1 amide bonds. The number of carbonyl (C=O) groups excluding carboxylic acids is 1. The number of halogens is 1. The van der Waals surface area contributed by atoms with Gasteiger partial charge in [0.15, 0.2) is 8.32 Å². The number of hydrogen-bond donors (Lipinski definition) is 2. The molecule has 0 aliphatic carbocycles. The summed E-state index contributed by atoms with van der Waals surface area (Å²) in [7, 11) is -2.03. The van der Waals surface area contributed by atoms with Crippen molar-refractivity contribution in [2.24, 2.45) is 0 Å². The van der Waals surface area contributed by atoms with Crippen molar-refractivity contribution in [3.8, 4) is 16.9 Å². The number of nitrogens with one attached hydrogen (secondary N) is 2. The first-order valence-corrected chi connectivity index (χ1v) is 15.1. The third-order valence-corrected chi connectivity index (χ3v) is 11.3. The van der Waals surface area contributed by atoms with Crippen LogP contribution in [0, 0.1) is 0 Å². The second kappa shape index (κ2) is 11.4. The molecular weight excluding hydrogens is 480 g/mol. The zero-order chi connectivity index (χ0) is 25.6. The van der Waals surface area contributed by atoms with E-state index in [1.165, 1.54) is 6.33 Å². The smallest absolute Gasteiger partial charge is 0.271 e. The predicted octanol–water partition coefficient (Wildman–Crippen LogP) is 6.10. The maximum absolute atomic E-state index is 12.7. The Morgan fingerprint density at radius 1 is 1.17 bits per heavy atom. The van der Waals surface area contributed by atoms with Gasteiger partial charge < -0.3 is 19.5 Å². The van der Waals surface area contributed by atoms with Crippen molar-refractivity contribution in [2.45, 2.75) is 64.4 Å². The number of nitrogens with zero attached hydrogens (tertiary/aromatic N) is 2. The van der Waals surface area contributed by atoms with Gasteiger partial charge in [-0.25, -0.2) is 9.97 Å². The highest BCUT2D eigenvalue weighted by Gasteiger charge is 2.40. The van der Waals surface area contributed by atoms with Crippen LogP contribution in [0.15, 0.2) is 55.1 Å². The number of carbonyl (C=O) groups is 1. The van der Waals surface area contributed by atoms with Gasteiger partial charge in [0.2, 0.25) is 0 Å². The molecule has 188 valence electrons.